The fourth-order valence-electron chi connectivity index (χ4n) is 1.52. The summed E-state index contributed by atoms with van der Waals surface area (Å²) < 4.78 is 1.12. The zero-order valence-corrected chi connectivity index (χ0v) is 10.9. The van der Waals surface area contributed by atoms with Crippen molar-refractivity contribution in [3.8, 4) is 0 Å². The number of aromatic nitrogens is 3. The molecule has 0 fully saturated rings. The molecule has 0 bridgehead atoms. The molecule has 10 heteroatoms. The van der Waals surface area contributed by atoms with Crippen molar-refractivity contribution >= 4 is 17.9 Å². The number of carbonyl (C=O) groups is 3. The summed E-state index contributed by atoms with van der Waals surface area (Å²) in [7, 11) is 0. The molecule has 0 unspecified atom stereocenters. The van der Waals surface area contributed by atoms with Gasteiger partial charge in [-0.2, -0.15) is 0 Å². The van der Waals surface area contributed by atoms with E-state index in [1.807, 2.05) is 0 Å². The SMILES string of the molecule is CCNC(=O)NC(=O)Cn1nnc(C(=O)O)c1CCN. The van der Waals surface area contributed by atoms with E-state index in [-0.39, 0.29) is 30.9 Å². The van der Waals surface area contributed by atoms with E-state index in [9.17, 15) is 14.4 Å². The van der Waals surface area contributed by atoms with Crippen LogP contribution in [-0.2, 0) is 17.8 Å². The molecule has 0 aliphatic rings. The standard InChI is InChI=1S/C10H16N6O4/c1-2-12-10(20)13-7(17)5-16-6(3-4-11)8(9(18)19)14-15-16/h2-5,11H2,1H3,(H,18,19)(H2,12,13,17,20). The van der Waals surface area contributed by atoms with Crippen LogP contribution < -0.4 is 16.4 Å². The Hall–Kier alpha value is -2.49. The predicted octanol–water partition coefficient (Wildman–Crippen LogP) is -1.68. The quantitative estimate of drug-likeness (QED) is 0.487. The van der Waals surface area contributed by atoms with Gasteiger partial charge in [-0.15, -0.1) is 5.10 Å². The van der Waals surface area contributed by atoms with E-state index in [4.69, 9.17) is 10.8 Å². The highest BCUT2D eigenvalue weighted by Gasteiger charge is 2.20. The van der Waals surface area contributed by atoms with E-state index >= 15 is 0 Å². The number of imide groups is 1. The number of rotatable bonds is 6. The summed E-state index contributed by atoms with van der Waals surface area (Å²) in [6.07, 6.45) is 0.211. The number of hydrogen-bond acceptors (Lipinski definition) is 6. The molecule has 0 saturated carbocycles. The Morgan fingerprint density at radius 1 is 1.40 bits per heavy atom. The van der Waals surface area contributed by atoms with Gasteiger partial charge in [0.15, 0.2) is 5.69 Å². The number of carboxylic acids is 1. The van der Waals surface area contributed by atoms with E-state index in [2.05, 4.69) is 20.9 Å². The van der Waals surface area contributed by atoms with Gasteiger partial charge < -0.3 is 16.2 Å². The van der Waals surface area contributed by atoms with Crippen LogP contribution in [0, 0.1) is 0 Å². The van der Waals surface area contributed by atoms with E-state index in [0.717, 1.165) is 4.68 Å². The minimum atomic E-state index is -1.25. The number of nitrogens with zero attached hydrogens (tertiary/aromatic N) is 3. The maximum Gasteiger partial charge on any atom is 0.358 e. The van der Waals surface area contributed by atoms with Crippen molar-refractivity contribution in [2.75, 3.05) is 13.1 Å². The fourth-order valence-corrected chi connectivity index (χ4v) is 1.52. The van der Waals surface area contributed by atoms with Gasteiger partial charge in [0.25, 0.3) is 0 Å². The lowest BCUT2D eigenvalue weighted by Crippen LogP contribution is -2.41. The molecule has 0 radical (unpaired) electrons. The Morgan fingerprint density at radius 2 is 2.10 bits per heavy atom. The Balaban J connectivity index is 2.79. The normalized spacial score (nSPS) is 10.1. The molecule has 5 N–H and O–H groups in total. The Labute approximate surface area is 114 Å². The van der Waals surface area contributed by atoms with Crippen LogP contribution in [0.25, 0.3) is 0 Å². The molecule has 1 aromatic rings. The first kappa shape index (κ1) is 15.6. The van der Waals surface area contributed by atoms with E-state index in [0.29, 0.717) is 6.54 Å². The van der Waals surface area contributed by atoms with Gasteiger partial charge in [0.05, 0.1) is 5.69 Å². The lowest BCUT2D eigenvalue weighted by atomic mass is 10.2. The second kappa shape index (κ2) is 7.19. The molecule has 3 amide bonds. The number of carbonyl (C=O) groups excluding carboxylic acids is 2. The summed E-state index contributed by atoms with van der Waals surface area (Å²) in [6.45, 7) is 1.96. The summed E-state index contributed by atoms with van der Waals surface area (Å²) in [5, 5.41) is 20.5. The van der Waals surface area contributed by atoms with Gasteiger partial charge in [0, 0.05) is 13.0 Å². The summed E-state index contributed by atoms with van der Waals surface area (Å²) >= 11 is 0. The van der Waals surface area contributed by atoms with Crippen molar-refractivity contribution in [1.29, 1.82) is 0 Å². The molecule has 0 aliphatic carbocycles. The van der Waals surface area contributed by atoms with Crippen molar-refractivity contribution in [3.63, 3.8) is 0 Å². The molecule has 0 saturated heterocycles. The number of carboxylic acid groups (broad SMARTS) is 1. The first-order valence-corrected chi connectivity index (χ1v) is 5.93. The van der Waals surface area contributed by atoms with Crippen molar-refractivity contribution in [1.82, 2.24) is 25.6 Å². The van der Waals surface area contributed by atoms with Gasteiger partial charge in [-0.05, 0) is 13.5 Å². The average Bonchev–Trinajstić information content (AvgIpc) is 2.73. The second-order valence-corrected chi connectivity index (χ2v) is 3.79. The third-order valence-corrected chi connectivity index (χ3v) is 2.30. The Kier molecular flexibility index (Phi) is 5.59. The van der Waals surface area contributed by atoms with Crippen LogP contribution in [0.3, 0.4) is 0 Å². The van der Waals surface area contributed by atoms with Gasteiger partial charge in [-0.25, -0.2) is 14.3 Å². The minimum absolute atomic E-state index is 0.186. The molecule has 110 valence electrons. The first-order valence-electron chi connectivity index (χ1n) is 5.93. The summed E-state index contributed by atoms with van der Waals surface area (Å²) in [5.74, 6) is -1.88. The monoisotopic (exact) mass is 284 g/mol. The molecule has 0 aliphatic heterocycles. The molecule has 0 atom stereocenters. The topological polar surface area (TPSA) is 152 Å². The van der Waals surface area contributed by atoms with Gasteiger partial charge in [0.1, 0.15) is 6.54 Å². The van der Waals surface area contributed by atoms with Crippen LogP contribution in [0.5, 0.6) is 0 Å². The van der Waals surface area contributed by atoms with Crippen molar-refractivity contribution in [2.24, 2.45) is 5.73 Å². The largest absolute Gasteiger partial charge is 0.476 e. The van der Waals surface area contributed by atoms with Gasteiger partial charge in [0.2, 0.25) is 5.91 Å². The second-order valence-electron chi connectivity index (χ2n) is 3.79. The first-order chi connectivity index (χ1) is 9.49. The zero-order chi connectivity index (χ0) is 15.1. The average molecular weight is 284 g/mol. The number of nitrogens with two attached hydrogens (primary N) is 1. The van der Waals surface area contributed by atoms with E-state index in [1.54, 1.807) is 6.92 Å². The third kappa shape index (κ3) is 4.02. The summed E-state index contributed by atoms with van der Waals surface area (Å²) in [6, 6.07) is -0.628. The highest BCUT2D eigenvalue weighted by atomic mass is 16.4. The number of nitrogens with one attached hydrogen (secondary N) is 2. The molecule has 1 aromatic heterocycles. The molecule has 10 nitrogen and oxygen atoms in total. The fraction of sp³-hybridized carbons (Fsp3) is 0.500. The minimum Gasteiger partial charge on any atom is -0.476 e. The Bertz CT molecular complexity index is 512. The third-order valence-electron chi connectivity index (χ3n) is 2.30. The predicted molar refractivity (Wildman–Crippen MR) is 67.0 cm³/mol. The number of aromatic carboxylic acids is 1. The van der Waals surface area contributed by atoms with Crippen LogP contribution in [-0.4, -0.2) is 51.1 Å². The van der Waals surface area contributed by atoms with Crippen LogP contribution in [0.4, 0.5) is 4.79 Å². The van der Waals surface area contributed by atoms with Crippen molar-refractivity contribution in [3.05, 3.63) is 11.4 Å². The molecular formula is C10H16N6O4. The van der Waals surface area contributed by atoms with E-state index in [1.165, 1.54) is 0 Å². The van der Waals surface area contributed by atoms with Crippen LogP contribution >= 0.6 is 0 Å². The summed E-state index contributed by atoms with van der Waals surface area (Å²) in [4.78, 5) is 33.7. The lowest BCUT2D eigenvalue weighted by Gasteiger charge is -2.07. The molecule has 0 spiro atoms. The molecule has 20 heavy (non-hydrogen) atoms. The number of amides is 3. The van der Waals surface area contributed by atoms with Gasteiger partial charge in [-0.1, -0.05) is 5.21 Å². The highest BCUT2D eigenvalue weighted by molar-refractivity contribution is 5.94. The van der Waals surface area contributed by atoms with Crippen LogP contribution in [0.2, 0.25) is 0 Å². The summed E-state index contributed by atoms with van der Waals surface area (Å²) in [5.41, 5.74) is 5.38. The smallest absolute Gasteiger partial charge is 0.358 e. The van der Waals surface area contributed by atoms with Gasteiger partial charge in [-0.3, -0.25) is 10.1 Å². The maximum atomic E-state index is 11.6. The number of urea groups is 1. The zero-order valence-electron chi connectivity index (χ0n) is 10.9. The molecule has 1 rings (SSSR count). The van der Waals surface area contributed by atoms with Crippen LogP contribution in [0.15, 0.2) is 0 Å². The van der Waals surface area contributed by atoms with E-state index < -0.39 is 17.9 Å². The van der Waals surface area contributed by atoms with Crippen molar-refractivity contribution < 1.29 is 19.5 Å². The molecule has 0 aromatic carbocycles. The van der Waals surface area contributed by atoms with Crippen LogP contribution in [0.1, 0.15) is 23.1 Å². The van der Waals surface area contributed by atoms with Gasteiger partial charge >= 0.3 is 12.0 Å². The number of hydrogen-bond donors (Lipinski definition) is 4. The highest BCUT2D eigenvalue weighted by Crippen LogP contribution is 2.06. The Morgan fingerprint density at radius 3 is 2.65 bits per heavy atom. The maximum absolute atomic E-state index is 11.6. The molecule has 1 heterocycles. The lowest BCUT2D eigenvalue weighted by molar-refractivity contribution is -0.120. The molecular weight excluding hydrogens is 268 g/mol. The van der Waals surface area contributed by atoms with Crippen molar-refractivity contribution in [2.45, 2.75) is 19.9 Å².